The minimum atomic E-state index is -4.18. The van der Waals surface area contributed by atoms with Gasteiger partial charge >= 0.3 is 5.51 Å². The van der Waals surface area contributed by atoms with Crippen molar-refractivity contribution in [3.8, 4) is 0 Å². The smallest absolute Gasteiger partial charge is 0.147 e. The van der Waals surface area contributed by atoms with Gasteiger partial charge in [-0.15, -0.1) is 25.6 Å². The first-order valence-corrected chi connectivity index (χ1v) is 8.03. The number of aryl methyl sites for hydroxylation is 1. The molecule has 0 amide bonds. The van der Waals surface area contributed by atoms with Gasteiger partial charge < -0.3 is 0 Å². The third-order valence-corrected chi connectivity index (χ3v) is 5.51. The molecule has 0 aliphatic carbocycles. The number of rotatable bonds is 2. The van der Waals surface area contributed by atoms with Crippen molar-refractivity contribution in [1.82, 2.24) is 0 Å². The molecular formula is C16H21ClF3S+. The van der Waals surface area contributed by atoms with E-state index in [1.54, 1.807) is 12.1 Å². The molecule has 0 N–H and O–H groups in total. The van der Waals surface area contributed by atoms with Crippen molar-refractivity contribution >= 4 is 33.0 Å². The monoisotopic (exact) mass is 337 g/mol. The van der Waals surface area contributed by atoms with E-state index < -0.39 is 16.0 Å². The predicted octanol–water partition coefficient (Wildman–Crippen LogP) is 6.74. The Morgan fingerprint density at radius 3 is 2.14 bits per heavy atom. The van der Waals surface area contributed by atoms with Crippen LogP contribution in [0.1, 0.15) is 44.6 Å². The Bertz CT molecular complexity index is 621. The molecule has 0 nitrogen and oxygen atoms in total. The van der Waals surface area contributed by atoms with Crippen LogP contribution in [-0.4, -0.2) is 0 Å². The normalized spacial score (nSPS) is 13.4. The molecule has 0 radical (unpaired) electrons. The summed E-state index contributed by atoms with van der Waals surface area (Å²) in [6.45, 7) is 7.99. The van der Waals surface area contributed by atoms with Crippen molar-refractivity contribution in [2.24, 2.45) is 0 Å². The first-order valence-electron chi connectivity index (χ1n) is 6.81. The lowest BCUT2D eigenvalue weighted by Crippen LogP contribution is -2.10. The van der Waals surface area contributed by atoms with E-state index in [1.165, 1.54) is 0 Å². The molecule has 21 heavy (non-hydrogen) atoms. The summed E-state index contributed by atoms with van der Waals surface area (Å²) in [4.78, 5) is 0.529. The van der Waals surface area contributed by atoms with Crippen LogP contribution in [0, 0.1) is 0 Å². The number of thiophene rings is 1. The molecule has 1 unspecified atom stereocenters. The zero-order valence-electron chi connectivity index (χ0n) is 12.7. The zero-order chi connectivity index (χ0) is 15.1. The molecule has 2 rings (SSSR count). The molecule has 0 fully saturated rings. The maximum atomic E-state index is 13.4. The molecule has 0 aliphatic heterocycles. The number of halogens is 4. The molecule has 0 spiro atoms. The Balaban J connectivity index is 0.00000220. The average molecular weight is 338 g/mol. The molecule has 1 atom stereocenters. The lowest BCUT2D eigenvalue weighted by atomic mass is 9.87. The van der Waals surface area contributed by atoms with Crippen molar-refractivity contribution in [2.75, 3.05) is 0 Å². The first kappa shape index (κ1) is 18.3. The van der Waals surface area contributed by atoms with Crippen LogP contribution < -0.4 is 0 Å². The summed E-state index contributed by atoms with van der Waals surface area (Å²) in [5.74, 6) is 0. The van der Waals surface area contributed by atoms with Gasteiger partial charge in [-0.1, -0.05) is 33.8 Å². The zero-order valence-corrected chi connectivity index (χ0v) is 14.3. The predicted molar refractivity (Wildman–Crippen MR) is 87.7 cm³/mol. The summed E-state index contributed by atoms with van der Waals surface area (Å²) >= 11 is 0. The van der Waals surface area contributed by atoms with Crippen LogP contribution in [0.3, 0.4) is 0 Å². The molecule has 0 aliphatic rings. The second-order valence-electron chi connectivity index (χ2n) is 6.12. The number of benzene rings is 1. The fraction of sp³-hybridized carbons (Fsp3) is 0.500. The van der Waals surface area contributed by atoms with E-state index in [2.05, 4.69) is 0 Å². The lowest BCUT2D eigenvalue weighted by Gasteiger charge is -2.18. The summed E-state index contributed by atoms with van der Waals surface area (Å²) in [5.41, 5.74) is -3.35. The summed E-state index contributed by atoms with van der Waals surface area (Å²) < 4.78 is 40.7. The van der Waals surface area contributed by atoms with Gasteiger partial charge in [-0.25, -0.2) is 0 Å². The highest BCUT2D eigenvalue weighted by atomic mass is 35.5. The van der Waals surface area contributed by atoms with Crippen LogP contribution in [0.5, 0.6) is 0 Å². The van der Waals surface area contributed by atoms with E-state index in [0.29, 0.717) is 16.0 Å². The molecule has 2 aromatic rings. The van der Waals surface area contributed by atoms with Crippen LogP contribution in [-0.2, 0) is 17.3 Å². The minimum absolute atomic E-state index is 0. The summed E-state index contributed by atoms with van der Waals surface area (Å²) in [7, 11) is -1.74. The van der Waals surface area contributed by atoms with Crippen LogP contribution >= 0.6 is 22.9 Å². The van der Waals surface area contributed by atoms with Crippen molar-refractivity contribution in [1.29, 1.82) is 0 Å². The van der Waals surface area contributed by atoms with Gasteiger partial charge in [0.25, 0.3) is 0 Å². The van der Waals surface area contributed by atoms with Gasteiger partial charge in [0.1, 0.15) is 0 Å². The van der Waals surface area contributed by atoms with E-state index in [1.807, 2.05) is 39.8 Å². The number of hydrogen-bond donors (Lipinski definition) is 0. The molecule has 0 saturated carbocycles. The standard InChI is InChI=1S/C16H20F3S.ClH/c1-5-6-13-9-11-7-8-12(15(2,3)4)10-14(11)20(13)16(17,18)19;/h7-10H,5-6H2,1-4H3;1H/q+1;. The summed E-state index contributed by atoms with van der Waals surface area (Å²) in [6, 6.07) is 7.28. The second kappa shape index (κ2) is 6.17. The van der Waals surface area contributed by atoms with Crippen LogP contribution in [0.4, 0.5) is 13.2 Å². The quantitative estimate of drug-likeness (QED) is 0.532. The summed E-state index contributed by atoms with van der Waals surface area (Å²) in [6.07, 6.45) is 1.26. The van der Waals surface area contributed by atoms with E-state index in [9.17, 15) is 13.2 Å². The Morgan fingerprint density at radius 1 is 1.05 bits per heavy atom. The van der Waals surface area contributed by atoms with Gasteiger partial charge in [-0.3, -0.25) is 0 Å². The van der Waals surface area contributed by atoms with E-state index in [-0.39, 0.29) is 17.8 Å². The third-order valence-electron chi connectivity index (χ3n) is 3.41. The largest absolute Gasteiger partial charge is 0.600 e. The van der Waals surface area contributed by atoms with Crippen LogP contribution in [0.2, 0.25) is 0 Å². The topological polar surface area (TPSA) is 0 Å². The lowest BCUT2D eigenvalue weighted by molar-refractivity contribution is -0.0867. The van der Waals surface area contributed by atoms with Crippen molar-refractivity contribution in [2.45, 2.75) is 51.5 Å². The number of hydrogen-bond acceptors (Lipinski definition) is 0. The average Bonchev–Trinajstić information content (AvgIpc) is 2.64. The second-order valence-corrected chi connectivity index (χ2v) is 8.15. The van der Waals surface area contributed by atoms with Crippen LogP contribution in [0.25, 0.3) is 10.1 Å². The van der Waals surface area contributed by atoms with Gasteiger partial charge in [0.2, 0.25) is 0 Å². The first-order chi connectivity index (χ1) is 9.14. The van der Waals surface area contributed by atoms with Gasteiger partial charge in [-0.2, -0.15) is 0 Å². The molecule has 0 bridgehead atoms. The van der Waals surface area contributed by atoms with Gasteiger partial charge in [-0.05, 0) is 23.5 Å². The van der Waals surface area contributed by atoms with Crippen molar-refractivity contribution < 1.29 is 13.2 Å². The molecular weight excluding hydrogens is 317 g/mol. The number of fused-ring (bicyclic) bond motifs is 1. The maximum Gasteiger partial charge on any atom is 0.600 e. The van der Waals surface area contributed by atoms with Crippen molar-refractivity contribution in [3.05, 3.63) is 34.7 Å². The SMILES string of the molecule is CCCc1cc2ccc(C(C)(C)C)cc2[s+]1C(F)(F)F.Cl. The van der Waals surface area contributed by atoms with Crippen molar-refractivity contribution in [3.63, 3.8) is 0 Å². The Morgan fingerprint density at radius 2 is 1.67 bits per heavy atom. The van der Waals surface area contributed by atoms with Crippen LogP contribution in [0.15, 0.2) is 24.3 Å². The maximum absolute atomic E-state index is 13.4. The van der Waals surface area contributed by atoms with Gasteiger partial charge in [0.05, 0.1) is 10.5 Å². The molecule has 1 aromatic carbocycles. The van der Waals surface area contributed by atoms with Gasteiger partial charge in [0, 0.05) is 23.9 Å². The molecule has 0 saturated heterocycles. The highest BCUT2D eigenvalue weighted by Crippen LogP contribution is 2.51. The van der Waals surface area contributed by atoms with E-state index >= 15 is 0 Å². The minimum Gasteiger partial charge on any atom is -0.147 e. The Kier molecular flexibility index (Phi) is 5.38. The third kappa shape index (κ3) is 3.72. The molecule has 5 heteroatoms. The Labute approximate surface area is 132 Å². The Hall–Kier alpha value is -0.740. The van der Waals surface area contributed by atoms with E-state index in [4.69, 9.17) is 0 Å². The fourth-order valence-electron chi connectivity index (χ4n) is 2.36. The highest BCUT2D eigenvalue weighted by molar-refractivity contribution is 7.38. The molecule has 1 heterocycles. The molecule has 1 aromatic heterocycles. The highest BCUT2D eigenvalue weighted by Gasteiger charge is 2.47. The fourth-order valence-corrected chi connectivity index (χ4v) is 4.45. The number of alkyl halides is 3. The summed E-state index contributed by atoms with van der Waals surface area (Å²) in [5, 5.41) is 0.738. The molecule has 118 valence electrons. The van der Waals surface area contributed by atoms with Gasteiger partial charge in [0.15, 0.2) is 9.58 Å². The van der Waals surface area contributed by atoms with E-state index in [0.717, 1.165) is 17.4 Å².